The quantitative estimate of drug-likeness (QED) is 0.524. The largest absolute Gasteiger partial charge is 0.328 e. The van der Waals surface area contributed by atoms with Crippen molar-refractivity contribution >= 4 is 11.9 Å². The second-order valence-corrected chi connectivity index (χ2v) is 2.06. The van der Waals surface area contributed by atoms with Gasteiger partial charge in [0.25, 0.3) is 5.91 Å². The van der Waals surface area contributed by atoms with Crippen LogP contribution < -0.4 is 5.32 Å². The fourth-order valence-electron chi connectivity index (χ4n) is 0.798. The fraction of sp³-hybridized carbons (Fsp3) is 0.333. The van der Waals surface area contributed by atoms with Crippen LogP contribution in [0.4, 0.5) is 4.79 Å². The molecule has 0 spiro atoms. The first-order chi connectivity index (χ1) is 4.66. The number of urea groups is 1. The normalized spacial score (nSPS) is 24.9. The molecule has 1 N–H and O–H groups in total. The van der Waals surface area contributed by atoms with Gasteiger partial charge in [-0.15, -0.1) is 0 Å². The lowest BCUT2D eigenvalue weighted by Crippen LogP contribution is -2.24. The molecule has 0 bridgehead atoms. The Morgan fingerprint density at radius 3 is 2.50 bits per heavy atom. The number of imide groups is 1. The zero-order valence-corrected chi connectivity index (χ0v) is 5.63. The van der Waals surface area contributed by atoms with Crippen molar-refractivity contribution in [2.75, 3.05) is 0 Å². The van der Waals surface area contributed by atoms with E-state index in [4.69, 9.17) is 0 Å². The maximum absolute atomic E-state index is 10.9. The van der Waals surface area contributed by atoms with Crippen molar-refractivity contribution in [3.63, 3.8) is 0 Å². The monoisotopic (exact) mass is 140 g/mol. The summed E-state index contributed by atoms with van der Waals surface area (Å²) in [6.07, 6.45) is 1.21. The average molecular weight is 140 g/mol. The molecule has 0 radical (unpaired) electrons. The topological polar surface area (TPSA) is 49.4 Å². The Kier molecular flexibility index (Phi) is 1.45. The molecule has 0 aliphatic carbocycles. The van der Waals surface area contributed by atoms with Crippen molar-refractivity contribution in [2.45, 2.75) is 13.0 Å². The maximum Gasteiger partial charge on any atom is 0.328 e. The van der Waals surface area contributed by atoms with Crippen molar-refractivity contribution in [3.8, 4) is 0 Å². The standard InChI is InChI=1S/C6H8N2O2/c1-3-8-5(9)4(2)7-6(8)10/h3-4H,1H2,2H3,(H,7,10). The van der Waals surface area contributed by atoms with Gasteiger partial charge in [-0.3, -0.25) is 4.79 Å². The number of nitrogens with zero attached hydrogens (tertiary/aromatic N) is 1. The van der Waals surface area contributed by atoms with E-state index in [9.17, 15) is 9.59 Å². The number of hydrogen-bond donors (Lipinski definition) is 1. The van der Waals surface area contributed by atoms with Crippen LogP contribution >= 0.6 is 0 Å². The first-order valence-corrected chi connectivity index (χ1v) is 2.93. The first-order valence-electron chi connectivity index (χ1n) is 2.93. The van der Waals surface area contributed by atoms with Crippen LogP contribution in [0.3, 0.4) is 0 Å². The predicted molar refractivity (Wildman–Crippen MR) is 35.0 cm³/mol. The van der Waals surface area contributed by atoms with Crippen LogP contribution in [0.2, 0.25) is 0 Å². The number of amides is 3. The highest BCUT2D eigenvalue weighted by Gasteiger charge is 2.32. The summed E-state index contributed by atoms with van der Waals surface area (Å²) in [7, 11) is 0. The van der Waals surface area contributed by atoms with Gasteiger partial charge in [0.2, 0.25) is 0 Å². The van der Waals surface area contributed by atoms with Crippen molar-refractivity contribution in [3.05, 3.63) is 12.8 Å². The van der Waals surface area contributed by atoms with Gasteiger partial charge in [0.15, 0.2) is 0 Å². The molecule has 4 heteroatoms. The molecule has 1 rings (SSSR count). The SMILES string of the molecule is C=CN1C(=O)NC(C)C1=O. The van der Waals surface area contributed by atoms with Crippen LogP contribution in [0.1, 0.15) is 6.92 Å². The molecule has 4 nitrogen and oxygen atoms in total. The molecule has 1 unspecified atom stereocenters. The number of nitrogens with one attached hydrogen (secondary N) is 1. The summed E-state index contributed by atoms with van der Waals surface area (Å²) >= 11 is 0. The lowest BCUT2D eigenvalue weighted by Gasteiger charge is -2.02. The zero-order chi connectivity index (χ0) is 7.72. The molecule has 54 valence electrons. The molecule has 0 saturated carbocycles. The lowest BCUT2D eigenvalue weighted by molar-refractivity contribution is -0.125. The molecular formula is C6H8N2O2. The Hall–Kier alpha value is -1.32. The van der Waals surface area contributed by atoms with Crippen molar-refractivity contribution in [2.24, 2.45) is 0 Å². The number of carbonyl (C=O) groups excluding carboxylic acids is 2. The first kappa shape index (κ1) is 6.80. The fourth-order valence-corrected chi connectivity index (χ4v) is 0.798. The Morgan fingerprint density at radius 1 is 1.70 bits per heavy atom. The minimum absolute atomic E-state index is 0.250. The van der Waals surface area contributed by atoms with Gasteiger partial charge in [0.1, 0.15) is 6.04 Å². The summed E-state index contributed by atoms with van der Waals surface area (Å²) in [5.74, 6) is -0.250. The van der Waals surface area contributed by atoms with Gasteiger partial charge in [0.05, 0.1) is 0 Å². The van der Waals surface area contributed by atoms with Gasteiger partial charge >= 0.3 is 6.03 Å². The van der Waals surface area contributed by atoms with E-state index in [-0.39, 0.29) is 5.91 Å². The van der Waals surface area contributed by atoms with Gasteiger partial charge in [0, 0.05) is 6.20 Å². The Morgan fingerprint density at radius 2 is 2.30 bits per heavy atom. The summed E-state index contributed by atoms with van der Waals surface area (Å²) in [4.78, 5) is 22.6. The van der Waals surface area contributed by atoms with E-state index in [0.717, 1.165) is 4.90 Å². The van der Waals surface area contributed by atoms with Gasteiger partial charge in [-0.25, -0.2) is 9.69 Å². The molecule has 1 aliphatic heterocycles. The van der Waals surface area contributed by atoms with E-state index in [2.05, 4.69) is 11.9 Å². The third kappa shape index (κ3) is 0.775. The molecule has 10 heavy (non-hydrogen) atoms. The van der Waals surface area contributed by atoms with E-state index in [1.807, 2.05) is 0 Å². The van der Waals surface area contributed by atoms with Crippen molar-refractivity contribution in [1.82, 2.24) is 10.2 Å². The highest BCUT2D eigenvalue weighted by Crippen LogP contribution is 2.04. The maximum atomic E-state index is 10.9. The van der Waals surface area contributed by atoms with Gasteiger partial charge in [-0.05, 0) is 6.92 Å². The number of carbonyl (C=O) groups is 2. The van der Waals surface area contributed by atoms with E-state index in [1.165, 1.54) is 6.20 Å². The van der Waals surface area contributed by atoms with Crippen LogP contribution in [-0.2, 0) is 4.79 Å². The predicted octanol–water partition coefficient (Wildman–Crippen LogP) is 0.0702. The van der Waals surface area contributed by atoms with E-state index < -0.39 is 12.1 Å². The molecule has 1 aliphatic rings. The van der Waals surface area contributed by atoms with Crippen LogP contribution in [0.15, 0.2) is 12.8 Å². The highest BCUT2D eigenvalue weighted by atomic mass is 16.2. The summed E-state index contributed by atoms with van der Waals surface area (Å²) in [6.45, 7) is 4.95. The molecule has 1 fully saturated rings. The Balaban J connectivity index is 2.83. The lowest BCUT2D eigenvalue weighted by atomic mass is 10.3. The summed E-state index contributed by atoms with van der Waals surface area (Å²) in [5.41, 5.74) is 0. The minimum atomic E-state index is -0.412. The molecule has 3 amide bonds. The average Bonchev–Trinajstić information content (AvgIpc) is 2.09. The molecular weight excluding hydrogens is 132 g/mol. The Bertz CT molecular complexity index is 200. The van der Waals surface area contributed by atoms with E-state index >= 15 is 0 Å². The smallest absolute Gasteiger partial charge is 0.326 e. The van der Waals surface area contributed by atoms with Crippen molar-refractivity contribution < 1.29 is 9.59 Å². The van der Waals surface area contributed by atoms with Crippen LogP contribution in [0, 0.1) is 0 Å². The Labute approximate surface area is 58.5 Å². The van der Waals surface area contributed by atoms with Gasteiger partial charge in [-0.2, -0.15) is 0 Å². The van der Waals surface area contributed by atoms with E-state index in [1.54, 1.807) is 6.92 Å². The summed E-state index contributed by atoms with van der Waals surface area (Å²) < 4.78 is 0. The number of rotatable bonds is 1. The zero-order valence-electron chi connectivity index (χ0n) is 5.63. The van der Waals surface area contributed by atoms with Crippen molar-refractivity contribution in [1.29, 1.82) is 0 Å². The molecule has 0 aromatic heterocycles. The number of hydrogen-bond acceptors (Lipinski definition) is 2. The third-order valence-electron chi connectivity index (χ3n) is 1.35. The molecule has 0 aromatic rings. The van der Waals surface area contributed by atoms with Crippen LogP contribution in [0.5, 0.6) is 0 Å². The second-order valence-electron chi connectivity index (χ2n) is 2.06. The third-order valence-corrected chi connectivity index (χ3v) is 1.35. The second kappa shape index (κ2) is 2.13. The summed E-state index contributed by atoms with van der Waals surface area (Å²) in [5, 5.41) is 2.43. The van der Waals surface area contributed by atoms with Gasteiger partial charge in [-0.1, -0.05) is 6.58 Å². The summed E-state index contributed by atoms with van der Waals surface area (Å²) in [6, 6.07) is -0.807. The van der Waals surface area contributed by atoms with Gasteiger partial charge < -0.3 is 5.32 Å². The molecule has 1 atom stereocenters. The van der Waals surface area contributed by atoms with Crippen LogP contribution in [0.25, 0.3) is 0 Å². The highest BCUT2D eigenvalue weighted by molar-refractivity contribution is 6.04. The minimum Gasteiger partial charge on any atom is -0.326 e. The van der Waals surface area contributed by atoms with E-state index in [0.29, 0.717) is 0 Å². The molecule has 1 saturated heterocycles. The van der Waals surface area contributed by atoms with Crippen LogP contribution in [-0.4, -0.2) is 22.9 Å². The molecule has 0 aromatic carbocycles. The molecule has 1 heterocycles.